The van der Waals surface area contributed by atoms with Crippen LogP contribution in [0, 0.1) is 23.2 Å². The molecule has 1 heterocycles. The molecule has 0 unspecified atom stereocenters. The zero-order valence-electron chi connectivity index (χ0n) is 26.6. The number of carbonyl (C=O) groups excluding carboxylic acids is 3. The fourth-order valence-electron chi connectivity index (χ4n) is 8.15. The van der Waals surface area contributed by atoms with Crippen LogP contribution in [0.3, 0.4) is 0 Å². The summed E-state index contributed by atoms with van der Waals surface area (Å²) in [5.41, 5.74) is 4.07. The highest BCUT2D eigenvalue weighted by atomic mass is 16.5. The van der Waals surface area contributed by atoms with Gasteiger partial charge in [0.25, 0.3) is 0 Å². The minimum absolute atomic E-state index is 0.00803. The van der Waals surface area contributed by atoms with Crippen LogP contribution in [-0.4, -0.2) is 42.4 Å². The normalized spacial score (nSPS) is 22.7. The highest BCUT2D eigenvalue weighted by Crippen LogP contribution is 2.59. The molecule has 3 amide bonds. The number of benzene rings is 2. The summed E-state index contributed by atoms with van der Waals surface area (Å²) < 4.78 is 5.85. The van der Waals surface area contributed by atoms with Gasteiger partial charge >= 0.3 is 0 Å². The molecule has 4 bridgehead atoms. The lowest BCUT2D eigenvalue weighted by atomic mass is 9.49. The number of hydrogen-bond donors (Lipinski definition) is 3. The molecular formula is C38H46N4O4. The number of carbonyl (C=O) groups is 3. The topological polar surface area (TPSA) is 109 Å². The fourth-order valence-corrected chi connectivity index (χ4v) is 8.15. The van der Waals surface area contributed by atoms with E-state index in [1.165, 1.54) is 38.5 Å². The van der Waals surface area contributed by atoms with Crippen molar-refractivity contribution in [2.75, 3.05) is 19.7 Å². The Bertz CT molecular complexity index is 1440. The summed E-state index contributed by atoms with van der Waals surface area (Å²) in [4.78, 5) is 41.5. The molecule has 4 saturated carbocycles. The van der Waals surface area contributed by atoms with E-state index < -0.39 is 0 Å². The first kappa shape index (κ1) is 31.8. The van der Waals surface area contributed by atoms with Gasteiger partial charge in [-0.1, -0.05) is 48.5 Å². The van der Waals surface area contributed by atoms with E-state index >= 15 is 0 Å². The molecular weight excluding hydrogens is 576 g/mol. The van der Waals surface area contributed by atoms with Gasteiger partial charge in [0.1, 0.15) is 5.75 Å². The third-order valence-electron chi connectivity index (χ3n) is 10.0. The largest absolute Gasteiger partial charge is 0.494 e. The van der Waals surface area contributed by atoms with Crippen molar-refractivity contribution >= 4 is 17.7 Å². The molecule has 0 spiro atoms. The quantitative estimate of drug-likeness (QED) is 0.191. The standard InChI is InChI=1S/C38H46N4O4/c43-35(13-14-36(44)42-26-38-21-28-17-29(22-38)19-30(18-28)23-38)39-15-4-16-46-34-11-8-31(9-12-34)32-7-10-33(40-25-32)20-37(45)41-24-27-5-2-1-3-6-27/h1-3,5-12,25,28-30H,4,13-24,26H2,(H,39,43)(H,41,45)(H,42,44). The summed E-state index contributed by atoms with van der Waals surface area (Å²) in [6, 6.07) is 21.5. The van der Waals surface area contributed by atoms with E-state index in [9.17, 15) is 14.4 Å². The number of aromatic nitrogens is 1. The van der Waals surface area contributed by atoms with Gasteiger partial charge in [0, 0.05) is 49.9 Å². The molecule has 3 N–H and O–H groups in total. The number of nitrogens with zero attached hydrogens (tertiary/aromatic N) is 1. The van der Waals surface area contributed by atoms with Crippen LogP contribution in [0.25, 0.3) is 11.1 Å². The molecule has 242 valence electrons. The molecule has 0 aliphatic heterocycles. The molecule has 8 nitrogen and oxygen atoms in total. The Hall–Kier alpha value is -4.20. The summed E-state index contributed by atoms with van der Waals surface area (Å²) in [7, 11) is 0. The molecule has 4 aliphatic rings. The predicted octanol–water partition coefficient (Wildman–Crippen LogP) is 5.61. The minimum atomic E-state index is -0.0956. The van der Waals surface area contributed by atoms with E-state index in [1.807, 2.05) is 66.7 Å². The van der Waals surface area contributed by atoms with Gasteiger partial charge in [0.2, 0.25) is 17.7 Å². The molecule has 7 rings (SSSR count). The Morgan fingerprint density at radius 2 is 1.39 bits per heavy atom. The van der Waals surface area contributed by atoms with Crippen molar-refractivity contribution in [1.29, 1.82) is 0 Å². The van der Waals surface area contributed by atoms with Crippen molar-refractivity contribution < 1.29 is 19.1 Å². The molecule has 0 radical (unpaired) electrons. The van der Waals surface area contributed by atoms with Crippen LogP contribution in [0.2, 0.25) is 0 Å². The summed E-state index contributed by atoms with van der Waals surface area (Å²) in [6.07, 6.45) is 11.2. The summed E-state index contributed by atoms with van der Waals surface area (Å²) in [5, 5.41) is 9.00. The van der Waals surface area contributed by atoms with Crippen LogP contribution in [0.15, 0.2) is 72.9 Å². The molecule has 2 aromatic carbocycles. The SMILES string of the molecule is O=C(CCC(=O)NCC12CC3CC(CC(C3)C1)C2)NCCCOc1ccc(-c2ccc(CC(=O)NCc3ccccc3)nc2)cc1. The number of rotatable bonds is 15. The highest BCUT2D eigenvalue weighted by Gasteiger charge is 2.50. The Balaban J connectivity index is 0.828. The molecule has 8 heteroatoms. The van der Waals surface area contributed by atoms with Gasteiger partial charge in [-0.15, -0.1) is 0 Å². The third kappa shape index (κ3) is 8.74. The first-order chi connectivity index (χ1) is 22.4. The van der Waals surface area contributed by atoms with Crippen LogP contribution in [0.1, 0.15) is 69.0 Å². The second kappa shape index (κ2) is 14.9. The van der Waals surface area contributed by atoms with E-state index in [2.05, 4.69) is 20.9 Å². The Kier molecular flexibility index (Phi) is 10.3. The fraction of sp³-hybridized carbons (Fsp3) is 0.474. The van der Waals surface area contributed by atoms with E-state index in [4.69, 9.17) is 4.74 Å². The maximum atomic E-state index is 12.5. The van der Waals surface area contributed by atoms with Crippen molar-refractivity contribution in [2.45, 2.75) is 70.8 Å². The van der Waals surface area contributed by atoms with Crippen LogP contribution in [0.4, 0.5) is 0 Å². The monoisotopic (exact) mass is 622 g/mol. The van der Waals surface area contributed by atoms with Gasteiger partial charge in [0.15, 0.2) is 0 Å². The average Bonchev–Trinajstić information content (AvgIpc) is 3.06. The van der Waals surface area contributed by atoms with Gasteiger partial charge in [-0.2, -0.15) is 0 Å². The van der Waals surface area contributed by atoms with Crippen LogP contribution in [0.5, 0.6) is 5.75 Å². The average molecular weight is 623 g/mol. The molecule has 0 atom stereocenters. The molecule has 4 fully saturated rings. The first-order valence-electron chi connectivity index (χ1n) is 16.9. The van der Waals surface area contributed by atoms with E-state index in [1.54, 1.807) is 6.20 Å². The Morgan fingerprint density at radius 1 is 0.739 bits per heavy atom. The van der Waals surface area contributed by atoms with Crippen molar-refractivity contribution in [3.63, 3.8) is 0 Å². The zero-order valence-corrected chi connectivity index (χ0v) is 26.6. The van der Waals surface area contributed by atoms with Crippen LogP contribution < -0.4 is 20.7 Å². The number of amides is 3. The van der Waals surface area contributed by atoms with Crippen LogP contribution >= 0.6 is 0 Å². The summed E-state index contributed by atoms with van der Waals surface area (Å²) in [5.74, 6) is 3.21. The van der Waals surface area contributed by atoms with Crippen molar-refractivity contribution in [2.24, 2.45) is 23.2 Å². The molecule has 46 heavy (non-hydrogen) atoms. The molecule has 0 saturated heterocycles. The number of ether oxygens (including phenoxy) is 1. The molecule has 1 aromatic heterocycles. The Labute approximate surface area is 272 Å². The van der Waals surface area contributed by atoms with Crippen molar-refractivity contribution in [3.05, 3.63) is 84.2 Å². The maximum absolute atomic E-state index is 12.5. The van der Waals surface area contributed by atoms with E-state index in [-0.39, 0.29) is 37.0 Å². The lowest BCUT2D eigenvalue weighted by Crippen LogP contribution is -2.51. The number of hydrogen-bond acceptors (Lipinski definition) is 5. The van der Waals surface area contributed by atoms with E-state index in [0.717, 1.165) is 52.4 Å². The lowest BCUT2D eigenvalue weighted by molar-refractivity contribution is -0.127. The molecule has 4 aliphatic carbocycles. The van der Waals surface area contributed by atoms with E-state index in [0.29, 0.717) is 31.5 Å². The van der Waals surface area contributed by atoms with Crippen molar-refractivity contribution in [1.82, 2.24) is 20.9 Å². The van der Waals surface area contributed by atoms with Gasteiger partial charge in [-0.05, 0) is 97.4 Å². The minimum Gasteiger partial charge on any atom is -0.494 e. The summed E-state index contributed by atoms with van der Waals surface area (Å²) >= 11 is 0. The second-order valence-electron chi connectivity index (χ2n) is 13.7. The van der Waals surface area contributed by atoms with Gasteiger partial charge in [0.05, 0.1) is 13.0 Å². The van der Waals surface area contributed by atoms with Crippen molar-refractivity contribution in [3.8, 4) is 16.9 Å². The number of pyridine rings is 1. The first-order valence-corrected chi connectivity index (χ1v) is 16.9. The van der Waals surface area contributed by atoms with Gasteiger partial charge in [-0.25, -0.2) is 0 Å². The zero-order chi connectivity index (χ0) is 31.8. The van der Waals surface area contributed by atoms with Crippen LogP contribution in [-0.2, 0) is 27.3 Å². The summed E-state index contributed by atoms with van der Waals surface area (Å²) in [6.45, 7) is 2.28. The second-order valence-corrected chi connectivity index (χ2v) is 13.7. The number of nitrogens with one attached hydrogen (secondary N) is 3. The molecule has 3 aromatic rings. The van der Waals surface area contributed by atoms with Gasteiger partial charge in [-0.3, -0.25) is 19.4 Å². The predicted molar refractivity (Wildman–Crippen MR) is 178 cm³/mol. The van der Waals surface area contributed by atoms with Gasteiger partial charge < -0.3 is 20.7 Å². The maximum Gasteiger partial charge on any atom is 0.226 e. The lowest BCUT2D eigenvalue weighted by Gasteiger charge is -2.56. The highest BCUT2D eigenvalue weighted by molar-refractivity contribution is 5.83. The smallest absolute Gasteiger partial charge is 0.226 e. The third-order valence-corrected chi connectivity index (χ3v) is 10.0. The Morgan fingerprint density at radius 3 is 2.04 bits per heavy atom.